The van der Waals surface area contributed by atoms with Gasteiger partial charge in [-0.15, -0.1) is 0 Å². The van der Waals surface area contributed by atoms with Crippen molar-refractivity contribution in [2.45, 2.75) is 23.0 Å². The Hall–Kier alpha value is -1.36. The van der Waals surface area contributed by atoms with Crippen LogP contribution in [0.15, 0.2) is 35.2 Å². The number of aliphatic carboxylic acids is 1. The van der Waals surface area contributed by atoms with Gasteiger partial charge in [-0.2, -0.15) is 0 Å². The molecule has 0 aromatic heterocycles. The first-order valence-corrected chi connectivity index (χ1v) is 6.92. The molecule has 0 radical (unpaired) electrons. The second-order valence-corrected chi connectivity index (χ2v) is 7.09. The highest BCUT2D eigenvalue weighted by molar-refractivity contribution is 7.93. The minimum atomic E-state index is -3.52. The highest BCUT2D eigenvalue weighted by atomic mass is 32.2. The molecule has 0 aliphatic heterocycles. The molecule has 0 saturated heterocycles. The van der Waals surface area contributed by atoms with E-state index in [9.17, 15) is 13.2 Å². The van der Waals surface area contributed by atoms with Gasteiger partial charge >= 0.3 is 5.97 Å². The smallest absolute Gasteiger partial charge is 0.311 e. The second kappa shape index (κ2) is 2.72. The van der Waals surface area contributed by atoms with Gasteiger partial charge < -0.3 is 5.11 Å². The molecule has 0 bridgehead atoms. The largest absolute Gasteiger partial charge is 0.481 e. The lowest BCUT2D eigenvalue weighted by molar-refractivity contribution is -0.141. The fraction of sp³-hybridized carbons (Fsp3) is 0.417. The minimum absolute atomic E-state index is 0.229. The monoisotopic (exact) mass is 252 g/mol. The number of benzene rings is 1. The van der Waals surface area contributed by atoms with Gasteiger partial charge in [-0.25, -0.2) is 8.42 Å². The van der Waals surface area contributed by atoms with Crippen molar-refractivity contribution in [2.24, 2.45) is 11.3 Å². The molecule has 1 aromatic carbocycles. The van der Waals surface area contributed by atoms with Crippen molar-refractivity contribution in [1.82, 2.24) is 0 Å². The zero-order valence-electron chi connectivity index (χ0n) is 9.25. The first-order chi connectivity index (χ1) is 7.91. The number of sulfone groups is 1. The number of carboxylic acids is 1. The Morgan fingerprint density at radius 3 is 2.35 bits per heavy atom. The average molecular weight is 252 g/mol. The van der Waals surface area contributed by atoms with E-state index in [-0.39, 0.29) is 17.2 Å². The van der Waals surface area contributed by atoms with Crippen molar-refractivity contribution in [3.8, 4) is 0 Å². The number of fused-ring (bicyclic) bond motifs is 1. The molecule has 0 spiro atoms. The summed E-state index contributed by atoms with van der Waals surface area (Å²) in [5.74, 6) is -1.26. The zero-order chi connectivity index (χ0) is 12.5. The van der Waals surface area contributed by atoms with Crippen LogP contribution in [0.3, 0.4) is 0 Å². The van der Waals surface area contributed by atoms with Crippen molar-refractivity contribution in [1.29, 1.82) is 0 Å². The molecule has 1 aromatic rings. The van der Waals surface area contributed by atoms with Gasteiger partial charge in [-0.05, 0) is 24.5 Å². The fourth-order valence-electron chi connectivity index (χ4n) is 3.14. The third-order valence-electron chi connectivity index (χ3n) is 4.44. The summed E-state index contributed by atoms with van der Waals surface area (Å²) in [5.41, 5.74) is -1.01. The molecule has 0 heterocycles. The summed E-state index contributed by atoms with van der Waals surface area (Å²) < 4.78 is 23.8. The van der Waals surface area contributed by atoms with E-state index in [0.717, 1.165) is 0 Å². The first kappa shape index (κ1) is 10.8. The molecule has 5 heteroatoms. The number of carbonyl (C=O) groups is 1. The zero-order valence-corrected chi connectivity index (χ0v) is 10.1. The lowest BCUT2D eigenvalue weighted by Crippen LogP contribution is -2.17. The molecule has 90 valence electrons. The van der Waals surface area contributed by atoms with Gasteiger partial charge in [0.15, 0.2) is 9.84 Å². The van der Waals surface area contributed by atoms with Crippen LogP contribution in [-0.2, 0) is 14.6 Å². The van der Waals surface area contributed by atoms with Gasteiger partial charge in [-0.1, -0.05) is 25.1 Å². The third-order valence-corrected chi connectivity index (χ3v) is 7.16. The standard InChI is InChI=1S/C12H12O4S/c1-8-11(10(13)14)7-12(8,11)17(15,16)9-5-3-2-4-6-9/h2-6,8H,7H2,1H3,(H,13,14)/t8-,11-,12-/m1/s1. The molecular formula is C12H12O4S. The SMILES string of the molecule is C[C@@H]1[C@@]2(C(=O)O)C[C@@]12S(=O)(=O)c1ccccc1. The van der Waals surface area contributed by atoms with Crippen molar-refractivity contribution >= 4 is 15.8 Å². The quantitative estimate of drug-likeness (QED) is 0.880. The normalized spacial score (nSPS) is 38.3. The lowest BCUT2D eigenvalue weighted by atomic mass is 10.1. The molecule has 4 nitrogen and oxygen atoms in total. The summed E-state index contributed by atoms with van der Waals surface area (Å²) in [5, 5.41) is 9.14. The second-order valence-electron chi connectivity index (χ2n) is 4.88. The van der Waals surface area contributed by atoms with Crippen molar-refractivity contribution in [3.63, 3.8) is 0 Å². The molecule has 1 N–H and O–H groups in total. The summed E-state index contributed by atoms with van der Waals surface area (Å²) in [6, 6.07) is 8.10. The summed E-state index contributed by atoms with van der Waals surface area (Å²) in [4.78, 5) is 11.4. The van der Waals surface area contributed by atoms with E-state index in [1.165, 1.54) is 12.1 Å². The van der Waals surface area contributed by atoms with Gasteiger partial charge in [0.2, 0.25) is 0 Å². The van der Waals surface area contributed by atoms with Gasteiger partial charge in [0.1, 0.15) is 0 Å². The summed E-state index contributed by atoms with van der Waals surface area (Å²) in [6.07, 6.45) is 0.258. The van der Waals surface area contributed by atoms with E-state index in [2.05, 4.69) is 0 Å². The van der Waals surface area contributed by atoms with Crippen LogP contribution in [0.2, 0.25) is 0 Å². The highest BCUT2D eigenvalue weighted by Crippen LogP contribution is 2.87. The molecule has 2 aliphatic rings. The van der Waals surface area contributed by atoms with Crippen LogP contribution < -0.4 is 0 Å². The maximum absolute atomic E-state index is 12.4. The van der Waals surface area contributed by atoms with Crippen LogP contribution in [0.5, 0.6) is 0 Å². The topological polar surface area (TPSA) is 71.4 Å². The van der Waals surface area contributed by atoms with E-state index in [4.69, 9.17) is 5.11 Å². The molecule has 2 saturated carbocycles. The minimum Gasteiger partial charge on any atom is -0.481 e. The Morgan fingerprint density at radius 2 is 1.94 bits per heavy atom. The Bertz CT molecular complexity index is 607. The Labute approximate surface area is 99.2 Å². The number of carboxylic acid groups (broad SMARTS) is 1. The van der Waals surface area contributed by atoms with E-state index in [1.807, 2.05) is 0 Å². The van der Waals surface area contributed by atoms with Crippen molar-refractivity contribution < 1.29 is 18.3 Å². The molecule has 17 heavy (non-hydrogen) atoms. The maximum Gasteiger partial charge on any atom is 0.311 e. The van der Waals surface area contributed by atoms with Crippen LogP contribution in [-0.4, -0.2) is 24.2 Å². The number of rotatable bonds is 3. The van der Waals surface area contributed by atoms with Crippen LogP contribution >= 0.6 is 0 Å². The number of hydrogen-bond donors (Lipinski definition) is 1. The Balaban J connectivity index is 2.07. The van der Waals surface area contributed by atoms with Gasteiger partial charge in [-0.3, -0.25) is 4.79 Å². The van der Waals surface area contributed by atoms with Gasteiger partial charge in [0.25, 0.3) is 0 Å². The molecule has 3 atom stereocenters. The van der Waals surface area contributed by atoms with E-state index in [1.54, 1.807) is 25.1 Å². The average Bonchev–Trinajstić information content (AvgIpc) is 3.15. The maximum atomic E-state index is 12.4. The Morgan fingerprint density at radius 1 is 1.35 bits per heavy atom. The van der Waals surface area contributed by atoms with E-state index >= 15 is 0 Å². The van der Waals surface area contributed by atoms with Crippen molar-refractivity contribution in [2.75, 3.05) is 0 Å². The first-order valence-electron chi connectivity index (χ1n) is 5.44. The van der Waals surface area contributed by atoms with Crippen LogP contribution in [0.1, 0.15) is 13.3 Å². The van der Waals surface area contributed by atoms with Crippen LogP contribution in [0.4, 0.5) is 0 Å². The third kappa shape index (κ3) is 0.912. The lowest BCUT2D eigenvalue weighted by Gasteiger charge is -2.08. The van der Waals surface area contributed by atoms with Crippen molar-refractivity contribution in [3.05, 3.63) is 30.3 Å². The van der Waals surface area contributed by atoms with Crippen LogP contribution in [0, 0.1) is 11.3 Å². The van der Waals surface area contributed by atoms with Crippen LogP contribution in [0.25, 0.3) is 0 Å². The molecule has 2 aliphatic carbocycles. The van der Waals surface area contributed by atoms with Gasteiger partial charge in [0, 0.05) is 0 Å². The molecule has 2 fully saturated rings. The predicted molar refractivity (Wildman–Crippen MR) is 60.2 cm³/mol. The Kier molecular flexibility index (Phi) is 1.72. The van der Waals surface area contributed by atoms with Gasteiger partial charge in [0.05, 0.1) is 15.1 Å². The summed E-state index contributed by atoms with van der Waals surface area (Å²) >= 11 is 0. The summed E-state index contributed by atoms with van der Waals surface area (Å²) in [6.45, 7) is 1.71. The number of hydrogen-bond acceptors (Lipinski definition) is 3. The molecule has 0 unspecified atom stereocenters. The van der Waals surface area contributed by atoms with E-state index < -0.39 is 26.0 Å². The van der Waals surface area contributed by atoms with E-state index in [0.29, 0.717) is 0 Å². The molecule has 0 amide bonds. The predicted octanol–water partition coefficient (Wildman–Crippen LogP) is 1.32. The fourth-order valence-corrected chi connectivity index (χ4v) is 5.85. The molecule has 3 rings (SSSR count). The summed E-state index contributed by atoms with van der Waals surface area (Å²) in [7, 11) is -3.52. The highest BCUT2D eigenvalue weighted by Gasteiger charge is 2.99. The molecular weight excluding hydrogens is 240 g/mol.